The van der Waals surface area contributed by atoms with Crippen LogP contribution in [0.5, 0.6) is 0 Å². The highest BCUT2D eigenvalue weighted by Crippen LogP contribution is 2.35. The lowest BCUT2D eigenvalue weighted by Crippen LogP contribution is -2.24. The molecule has 1 N–H and O–H groups in total. The molecule has 2 unspecified atom stereocenters. The van der Waals surface area contributed by atoms with Gasteiger partial charge in [0.1, 0.15) is 5.82 Å². The van der Waals surface area contributed by atoms with Crippen molar-refractivity contribution in [3.8, 4) is 0 Å². The van der Waals surface area contributed by atoms with E-state index in [4.69, 9.17) is 4.74 Å². The second-order valence-electron chi connectivity index (χ2n) is 3.97. The van der Waals surface area contributed by atoms with Crippen molar-refractivity contribution in [1.82, 2.24) is 0 Å². The molecule has 2 rings (SSSR count). The van der Waals surface area contributed by atoms with E-state index in [9.17, 15) is 19.6 Å². The first-order valence-corrected chi connectivity index (χ1v) is 5.32. The number of nitro groups is 1. The van der Waals surface area contributed by atoms with Gasteiger partial charge in [0.15, 0.2) is 0 Å². The van der Waals surface area contributed by atoms with E-state index in [1.165, 1.54) is 12.1 Å². The molecule has 0 saturated carbocycles. The van der Waals surface area contributed by atoms with Gasteiger partial charge >= 0.3 is 0 Å². The molecule has 1 aromatic rings. The van der Waals surface area contributed by atoms with Crippen LogP contribution in [0.1, 0.15) is 24.5 Å². The molecule has 0 bridgehead atoms. The van der Waals surface area contributed by atoms with Crippen LogP contribution in [0.4, 0.5) is 10.1 Å². The molecule has 0 aliphatic carbocycles. The average Bonchev–Trinajstić information content (AvgIpc) is 2.28. The van der Waals surface area contributed by atoms with E-state index in [1.54, 1.807) is 0 Å². The number of rotatable bonds is 2. The van der Waals surface area contributed by atoms with Crippen LogP contribution >= 0.6 is 0 Å². The Morgan fingerprint density at radius 3 is 2.94 bits per heavy atom. The van der Waals surface area contributed by atoms with Crippen molar-refractivity contribution >= 4 is 5.69 Å². The van der Waals surface area contributed by atoms with E-state index in [0.29, 0.717) is 6.42 Å². The minimum atomic E-state index is -0.750. The Morgan fingerprint density at radius 2 is 2.29 bits per heavy atom. The molecule has 2 atom stereocenters. The van der Waals surface area contributed by atoms with Crippen LogP contribution in [0, 0.1) is 15.9 Å². The van der Waals surface area contributed by atoms with Gasteiger partial charge in [-0.1, -0.05) is 6.07 Å². The minimum Gasteiger partial charge on any atom is -0.393 e. The molecule has 5 nitrogen and oxygen atoms in total. The molecule has 1 aromatic carbocycles. The summed E-state index contributed by atoms with van der Waals surface area (Å²) in [5.41, 5.74) is -0.375. The summed E-state index contributed by atoms with van der Waals surface area (Å²) in [4.78, 5) is 10.2. The molecule has 1 aliphatic rings. The third-order valence-electron chi connectivity index (χ3n) is 2.80. The summed E-state index contributed by atoms with van der Waals surface area (Å²) in [6.45, 7) is 0.275. The van der Waals surface area contributed by atoms with E-state index in [1.807, 2.05) is 0 Å². The summed E-state index contributed by atoms with van der Waals surface area (Å²) >= 11 is 0. The Balaban J connectivity index is 2.39. The molecule has 92 valence electrons. The summed E-state index contributed by atoms with van der Waals surface area (Å²) < 4.78 is 19.0. The number of aliphatic hydroxyl groups is 1. The molecule has 0 aromatic heterocycles. The van der Waals surface area contributed by atoms with Crippen molar-refractivity contribution in [1.29, 1.82) is 0 Å². The largest absolute Gasteiger partial charge is 0.393 e. The van der Waals surface area contributed by atoms with Gasteiger partial charge in [-0.2, -0.15) is 0 Å². The lowest BCUT2D eigenvalue weighted by Gasteiger charge is -2.26. The number of nitro benzene ring substituents is 1. The van der Waals surface area contributed by atoms with Crippen LogP contribution in [0.25, 0.3) is 0 Å². The molecule has 6 heteroatoms. The molecule has 1 fully saturated rings. The first-order chi connectivity index (χ1) is 8.09. The first-order valence-electron chi connectivity index (χ1n) is 5.32. The third-order valence-corrected chi connectivity index (χ3v) is 2.80. The number of benzene rings is 1. The summed E-state index contributed by atoms with van der Waals surface area (Å²) in [5.74, 6) is -0.668. The molecule has 0 amide bonds. The lowest BCUT2D eigenvalue weighted by atomic mass is 9.97. The Kier molecular flexibility index (Phi) is 3.35. The fourth-order valence-electron chi connectivity index (χ4n) is 1.98. The highest BCUT2D eigenvalue weighted by atomic mass is 19.1. The maximum absolute atomic E-state index is 13.7. The number of hydrogen-bond acceptors (Lipinski definition) is 4. The van der Waals surface area contributed by atoms with Gasteiger partial charge in [-0.25, -0.2) is 4.39 Å². The van der Waals surface area contributed by atoms with Crippen molar-refractivity contribution in [3.05, 3.63) is 39.7 Å². The van der Waals surface area contributed by atoms with Crippen LogP contribution in [0.3, 0.4) is 0 Å². The van der Waals surface area contributed by atoms with Gasteiger partial charge in [0, 0.05) is 19.1 Å². The van der Waals surface area contributed by atoms with Crippen LogP contribution in [-0.4, -0.2) is 22.7 Å². The molecule has 1 aliphatic heterocycles. The monoisotopic (exact) mass is 241 g/mol. The zero-order chi connectivity index (χ0) is 12.4. The molecule has 0 radical (unpaired) electrons. The minimum absolute atomic E-state index is 0.0729. The molecular formula is C11H12FNO4. The van der Waals surface area contributed by atoms with E-state index in [0.717, 1.165) is 6.07 Å². The zero-order valence-corrected chi connectivity index (χ0v) is 9.01. The highest BCUT2D eigenvalue weighted by Gasteiger charge is 2.30. The summed E-state index contributed by atoms with van der Waals surface area (Å²) in [6, 6.07) is 3.69. The topological polar surface area (TPSA) is 72.6 Å². The normalized spacial score (nSPS) is 24.6. The van der Waals surface area contributed by atoms with Crippen molar-refractivity contribution < 1.29 is 19.2 Å². The number of halogens is 1. The van der Waals surface area contributed by atoms with Crippen molar-refractivity contribution in [2.75, 3.05) is 6.61 Å². The van der Waals surface area contributed by atoms with Gasteiger partial charge in [0.25, 0.3) is 5.69 Å². The van der Waals surface area contributed by atoms with E-state index < -0.39 is 22.9 Å². The Hall–Kier alpha value is -1.53. The van der Waals surface area contributed by atoms with E-state index in [2.05, 4.69) is 0 Å². The zero-order valence-electron chi connectivity index (χ0n) is 9.01. The Bertz CT molecular complexity index is 437. The molecule has 1 saturated heterocycles. The highest BCUT2D eigenvalue weighted by molar-refractivity contribution is 5.42. The first kappa shape index (κ1) is 11.9. The fourth-order valence-corrected chi connectivity index (χ4v) is 1.98. The van der Waals surface area contributed by atoms with E-state index >= 15 is 0 Å². The maximum atomic E-state index is 13.7. The van der Waals surface area contributed by atoms with Gasteiger partial charge in [-0.05, 0) is 12.5 Å². The average molecular weight is 241 g/mol. The number of ether oxygens (including phenoxy) is 1. The van der Waals surface area contributed by atoms with Gasteiger partial charge in [-0.15, -0.1) is 0 Å². The summed E-state index contributed by atoms with van der Waals surface area (Å²) in [7, 11) is 0. The van der Waals surface area contributed by atoms with Crippen molar-refractivity contribution in [3.63, 3.8) is 0 Å². The smallest absolute Gasteiger partial charge is 0.278 e. The van der Waals surface area contributed by atoms with Crippen molar-refractivity contribution in [2.45, 2.75) is 25.0 Å². The quantitative estimate of drug-likeness (QED) is 0.634. The molecule has 17 heavy (non-hydrogen) atoms. The third kappa shape index (κ3) is 2.42. The summed E-state index contributed by atoms with van der Waals surface area (Å²) in [6.07, 6.45) is -0.700. The van der Waals surface area contributed by atoms with Gasteiger partial charge in [-0.3, -0.25) is 10.1 Å². The predicted molar refractivity (Wildman–Crippen MR) is 57.0 cm³/mol. The Morgan fingerprint density at radius 1 is 1.53 bits per heavy atom. The second kappa shape index (κ2) is 4.77. The molecule has 1 heterocycles. The molecule has 0 spiro atoms. The van der Waals surface area contributed by atoms with Gasteiger partial charge < -0.3 is 9.84 Å². The number of aliphatic hydroxyl groups excluding tert-OH is 1. The van der Waals surface area contributed by atoms with Crippen LogP contribution in [0.15, 0.2) is 18.2 Å². The number of hydrogen-bond donors (Lipinski definition) is 1. The van der Waals surface area contributed by atoms with Gasteiger partial charge in [0.2, 0.25) is 0 Å². The van der Waals surface area contributed by atoms with E-state index in [-0.39, 0.29) is 24.3 Å². The predicted octanol–water partition coefficient (Wildman–Crippen LogP) is 1.95. The van der Waals surface area contributed by atoms with Crippen molar-refractivity contribution in [2.24, 2.45) is 0 Å². The standard InChI is InChI=1S/C11H12FNO4/c12-8-2-1-3-9(13(15)16)11(8)10-6-7(14)4-5-17-10/h1-3,7,10,14H,4-6H2. The van der Waals surface area contributed by atoms with Crippen LogP contribution in [0.2, 0.25) is 0 Å². The van der Waals surface area contributed by atoms with Crippen LogP contribution < -0.4 is 0 Å². The number of nitrogens with zero attached hydrogens (tertiary/aromatic N) is 1. The lowest BCUT2D eigenvalue weighted by molar-refractivity contribution is -0.386. The fraction of sp³-hybridized carbons (Fsp3) is 0.455. The molecular weight excluding hydrogens is 229 g/mol. The summed E-state index contributed by atoms with van der Waals surface area (Å²) in [5, 5.41) is 20.3. The second-order valence-corrected chi connectivity index (χ2v) is 3.97. The Labute approximate surface area is 97.0 Å². The van der Waals surface area contributed by atoms with Crippen LogP contribution in [-0.2, 0) is 4.74 Å². The van der Waals surface area contributed by atoms with Gasteiger partial charge in [0.05, 0.1) is 22.7 Å². The maximum Gasteiger partial charge on any atom is 0.278 e. The SMILES string of the molecule is O=[N+]([O-])c1cccc(F)c1C1CC(O)CCO1.